The maximum absolute atomic E-state index is 12.0. The number of hydrogen-bond acceptors (Lipinski definition) is 4. The molecule has 10 heteroatoms. The molecular weight excluding hydrogens is 553 g/mol. The zero-order valence-electron chi connectivity index (χ0n) is 21.6. The van der Waals surface area contributed by atoms with Crippen molar-refractivity contribution in [3.05, 3.63) is 106 Å². The van der Waals surface area contributed by atoms with Gasteiger partial charge in [0, 0.05) is 36.1 Å². The van der Waals surface area contributed by atoms with Crippen molar-refractivity contribution in [3.8, 4) is 5.69 Å². The Morgan fingerprint density at radius 1 is 1.10 bits per heavy atom. The minimum absolute atomic E-state index is 0.0119. The van der Waals surface area contributed by atoms with Crippen LogP contribution in [0.4, 0.5) is 11.4 Å². The van der Waals surface area contributed by atoms with Crippen LogP contribution in [-0.4, -0.2) is 34.3 Å². The summed E-state index contributed by atoms with van der Waals surface area (Å²) in [4.78, 5) is 18.7. The number of anilines is 2. The summed E-state index contributed by atoms with van der Waals surface area (Å²) in [7, 11) is 1.49. The van der Waals surface area contributed by atoms with Crippen LogP contribution in [0.1, 0.15) is 34.7 Å². The summed E-state index contributed by atoms with van der Waals surface area (Å²) in [5.41, 5.74) is 6.35. The van der Waals surface area contributed by atoms with Crippen molar-refractivity contribution in [2.45, 2.75) is 25.9 Å². The molecule has 1 fully saturated rings. The highest BCUT2D eigenvalue weighted by Gasteiger charge is 2.42. The molecule has 0 saturated carbocycles. The number of benzene rings is 2. The van der Waals surface area contributed by atoms with Crippen LogP contribution < -0.4 is 15.5 Å². The summed E-state index contributed by atoms with van der Waals surface area (Å²) in [6.45, 7) is 4.11. The van der Waals surface area contributed by atoms with Crippen LogP contribution in [0.25, 0.3) is 5.69 Å². The van der Waals surface area contributed by atoms with Gasteiger partial charge in [-0.25, -0.2) is 0 Å². The second-order valence-corrected chi connectivity index (χ2v) is 10.4. The average molecular weight is 581 g/mol. The van der Waals surface area contributed by atoms with Crippen LogP contribution in [-0.2, 0) is 9.53 Å². The molecule has 2 unspecified atom stereocenters. The van der Waals surface area contributed by atoms with Gasteiger partial charge in [0.1, 0.15) is 6.61 Å². The maximum atomic E-state index is 12.0. The molecule has 0 aliphatic carbocycles. The Bertz CT molecular complexity index is 1520. The number of aryl methyl sites for hydroxylation is 1. The topological polar surface area (TPSA) is 71.4 Å². The Hall–Kier alpha value is -3.43. The van der Waals surface area contributed by atoms with Gasteiger partial charge in [-0.05, 0) is 86.2 Å². The predicted octanol–water partition coefficient (Wildman–Crippen LogP) is 6.56. The van der Waals surface area contributed by atoms with E-state index in [0.717, 1.165) is 34.0 Å². The molecule has 1 saturated heterocycles. The number of ether oxygens (including phenoxy) is 1. The highest BCUT2D eigenvalue weighted by Crippen LogP contribution is 2.44. The number of carbonyl (C=O) groups is 1. The molecular formula is C29H27Cl2N5O2S. The van der Waals surface area contributed by atoms with Crippen LogP contribution >= 0.6 is 35.4 Å². The molecule has 2 aromatic carbocycles. The Morgan fingerprint density at radius 2 is 1.87 bits per heavy atom. The summed E-state index contributed by atoms with van der Waals surface area (Å²) in [6, 6.07) is 20.8. The Morgan fingerprint density at radius 3 is 2.56 bits per heavy atom. The quantitative estimate of drug-likeness (QED) is 0.242. The number of nitrogens with zero attached hydrogens (tertiary/aromatic N) is 3. The average Bonchev–Trinajstić information content (AvgIpc) is 3.42. The number of aromatic nitrogens is 2. The first-order chi connectivity index (χ1) is 18.8. The third-order valence-electron chi connectivity index (χ3n) is 6.76. The van der Waals surface area contributed by atoms with E-state index in [1.54, 1.807) is 12.3 Å². The molecule has 1 aliphatic rings. The lowest BCUT2D eigenvalue weighted by Crippen LogP contribution is -2.29. The normalized spacial score (nSPS) is 16.8. The summed E-state index contributed by atoms with van der Waals surface area (Å²) in [6.07, 6.45) is 1.78. The lowest BCUT2D eigenvalue weighted by molar-refractivity contribution is -0.119. The van der Waals surface area contributed by atoms with Crippen LogP contribution in [0.2, 0.25) is 10.0 Å². The first-order valence-electron chi connectivity index (χ1n) is 12.3. The monoisotopic (exact) mass is 579 g/mol. The van der Waals surface area contributed by atoms with E-state index in [0.29, 0.717) is 20.8 Å². The first-order valence-corrected chi connectivity index (χ1v) is 13.5. The molecule has 200 valence electrons. The van der Waals surface area contributed by atoms with Crippen molar-refractivity contribution in [1.29, 1.82) is 0 Å². The van der Waals surface area contributed by atoms with Gasteiger partial charge in [0.05, 0.1) is 33.5 Å². The standard InChI is InChI=1S/C29H27Cl2N5O2S/c1-17-15-21(18(2)35(17)24-9-6-7-22(30)26(24)31)28-27(23-8-4-5-14-32-23)34-29(39)36(28)20-12-10-19(11-13-20)33-25(37)16-38-3/h4-15,27-28H,16H2,1-3H3,(H,33,37)(H,34,39). The SMILES string of the molecule is COCC(=O)Nc1ccc(N2C(=S)NC(c3ccccn3)C2c2cc(C)n(-c3cccc(Cl)c3Cl)c2C)cc1. The van der Waals surface area contributed by atoms with Gasteiger partial charge in [-0.3, -0.25) is 9.78 Å². The third kappa shape index (κ3) is 5.25. The summed E-state index contributed by atoms with van der Waals surface area (Å²) >= 11 is 18.9. The maximum Gasteiger partial charge on any atom is 0.250 e. The number of halogens is 2. The van der Waals surface area contributed by atoms with Gasteiger partial charge in [-0.1, -0.05) is 35.3 Å². The van der Waals surface area contributed by atoms with E-state index in [2.05, 4.69) is 38.1 Å². The van der Waals surface area contributed by atoms with Gasteiger partial charge in [-0.15, -0.1) is 0 Å². The number of nitrogens with one attached hydrogen (secondary N) is 2. The van der Waals surface area contributed by atoms with Crippen LogP contribution in [0.15, 0.2) is 72.9 Å². The Kier molecular flexibility index (Phi) is 7.91. The zero-order chi connectivity index (χ0) is 27.7. The van der Waals surface area contributed by atoms with Gasteiger partial charge < -0.3 is 24.8 Å². The Labute approximate surface area is 242 Å². The number of pyridine rings is 1. The van der Waals surface area contributed by atoms with Gasteiger partial charge >= 0.3 is 0 Å². The third-order valence-corrected chi connectivity index (χ3v) is 7.89. The summed E-state index contributed by atoms with van der Waals surface area (Å²) < 4.78 is 7.03. The summed E-state index contributed by atoms with van der Waals surface area (Å²) in [5, 5.41) is 7.90. The van der Waals surface area contributed by atoms with Crippen molar-refractivity contribution in [1.82, 2.24) is 14.9 Å². The molecule has 4 aromatic rings. The molecule has 1 aliphatic heterocycles. The minimum atomic E-state index is -0.219. The number of thiocarbonyl (C=S) groups is 1. The first kappa shape index (κ1) is 27.1. The van der Waals surface area contributed by atoms with Gasteiger partial charge in [0.2, 0.25) is 5.91 Å². The predicted molar refractivity (Wildman–Crippen MR) is 160 cm³/mol. The van der Waals surface area contributed by atoms with Crippen molar-refractivity contribution in [2.24, 2.45) is 0 Å². The minimum Gasteiger partial charge on any atom is -0.375 e. The number of carbonyl (C=O) groups excluding carboxylic acids is 1. The van der Waals surface area contributed by atoms with Crippen LogP contribution in [0.3, 0.4) is 0 Å². The van der Waals surface area contributed by atoms with Gasteiger partial charge in [0.15, 0.2) is 5.11 Å². The van der Waals surface area contributed by atoms with E-state index in [-0.39, 0.29) is 24.6 Å². The molecule has 7 nitrogen and oxygen atoms in total. The fraction of sp³-hybridized carbons (Fsp3) is 0.207. The number of amides is 1. The molecule has 3 heterocycles. The molecule has 2 N–H and O–H groups in total. The molecule has 0 spiro atoms. The van der Waals surface area contributed by atoms with Crippen molar-refractivity contribution in [3.63, 3.8) is 0 Å². The molecule has 39 heavy (non-hydrogen) atoms. The highest BCUT2D eigenvalue weighted by molar-refractivity contribution is 7.80. The second kappa shape index (κ2) is 11.4. The number of hydrogen-bond donors (Lipinski definition) is 2. The highest BCUT2D eigenvalue weighted by atomic mass is 35.5. The smallest absolute Gasteiger partial charge is 0.250 e. The molecule has 2 aromatic heterocycles. The van der Waals surface area contributed by atoms with E-state index in [1.807, 2.05) is 61.5 Å². The Balaban J connectivity index is 1.60. The van der Waals surface area contributed by atoms with Crippen molar-refractivity contribution >= 4 is 57.8 Å². The lowest BCUT2D eigenvalue weighted by Gasteiger charge is -2.28. The van der Waals surface area contributed by atoms with Crippen LogP contribution in [0, 0.1) is 13.8 Å². The van der Waals surface area contributed by atoms with E-state index in [9.17, 15) is 4.79 Å². The fourth-order valence-corrected chi connectivity index (χ4v) is 5.83. The van der Waals surface area contributed by atoms with E-state index in [1.165, 1.54) is 7.11 Å². The van der Waals surface area contributed by atoms with E-state index < -0.39 is 0 Å². The summed E-state index contributed by atoms with van der Waals surface area (Å²) in [5.74, 6) is -0.219. The molecule has 0 radical (unpaired) electrons. The number of rotatable bonds is 7. The molecule has 1 amide bonds. The van der Waals surface area contributed by atoms with Crippen molar-refractivity contribution in [2.75, 3.05) is 23.9 Å². The molecule has 0 bridgehead atoms. The largest absolute Gasteiger partial charge is 0.375 e. The fourth-order valence-electron chi connectivity index (χ4n) is 5.11. The van der Waals surface area contributed by atoms with E-state index >= 15 is 0 Å². The zero-order valence-corrected chi connectivity index (χ0v) is 23.9. The van der Waals surface area contributed by atoms with E-state index in [4.69, 9.17) is 40.2 Å². The van der Waals surface area contributed by atoms with Gasteiger partial charge in [-0.2, -0.15) is 0 Å². The van der Waals surface area contributed by atoms with Gasteiger partial charge in [0.25, 0.3) is 0 Å². The molecule has 5 rings (SSSR count). The van der Waals surface area contributed by atoms with Crippen molar-refractivity contribution < 1.29 is 9.53 Å². The second-order valence-electron chi connectivity index (χ2n) is 9.26. The lowest BCUT2D eigenvalue weighted by atomic mass is 9.96. The number of methoxy groups -OCH3 is 1. The molecule has 2 atom stereocenters. The van der Waals surface area contributed by atoms with Crippen LogP contribution in [0.5, 0.6) is 0 Å².